The second kappa shape index (κ2) is 6.18. The summed E-state index contributed by atoms with van der Waals surface area (Å²) in [4.78, 5) is 11.5. The summed E-state index contributed by atoms with van der Waals surface area (Å²) >= 11 is 0. The van der Waals surface area contributed by atoms with Crippen molar-refractivity contribution < 1.29 is 67.3 Å². The van der Waals surface area contributed by atoms with E-state index in [4.69, 9.17) is 0 Å². The zero-order valence-corrected chi connectivity index (χ0v) is 14.0. The van der Waals surface area contributed by atoms with E-state index in [1.165, 1.54) is 0 Å². The number of hydrogen-bond donors (Lipinski definition) is 0. The molecule has 0 N–H and O–H groups in total. The molecule has 1 fully saturated rings. The van der Waals surface area contributed by atoms with Gasteiger partial charge in [0, 0.05) is 5.57 Å². The van der Waals surface area contributed by atoms with Crippen LogP contribution in [0.2, 0.25) is 0 Å². The van der Waals surface area contributed by atoms with Gasteiger partial charge in [-0.25, -0.2) is 4.79 Å². The van der Waals surface area contributed by atoms with Crippen molar-refractivity contribution in [3.8, 4) is 0 Å². The Morgan fingerprint density at radius 3 is 1.50 bits per heavy atom. The summed E-state index contributed by atoms with van der Waals surface area (Å²) in [6, 6.07) is 0. The van der Waals surface area contributed by atoms with E-state index < -0.39 is 53.2 Å². The molecule has 1 rings (SSSR count). The van der Waals surface area contributed by atoms with Crippen molar-refractivity contribution in [2.75, 3.05) is 0 Å². The number of carbonyl (C=O) groups excluding carboxylic acids is 1. The molecule has 1 saturated heterocycles. The number of esters is 1. The highest BCUT2D eigenvalue weighted by molar-refractivity contribution is 5.87. The molecule has 0 aromatic heterocycles. The van der Waals surface area contributed by atoms with Crippen molar-refractivity contribution in [1.29, 1.82) is 0 Å². The summed E-state index contributed by atoms with van der Waals surface area (Å²) in [5.41, 5.74) is -10.6. The first-order valence-electron chi connectivity index (χ1n) is 6.86. The molecule has 0 spiro atoms. The van der Waals surface area contributed by atoms with Gasteiger partial charge in [0.05, 0.1) is 0 Å². The lowest BCUT2D eigenvalue weighted by Crippen LogP contribution is -2.68. The summed E-state index contributed by atoms with van der Waals surface area (Å²) in [5, 5.41) is 0. The van der Waals surface area contributed by atoms with Crippen LogP contribution in [0.5, 0.6) is 0 Å². The van der Waals surface area contributed by atoms with Crippen LogP contribution in [0.1, 0.15) is 20.8 Å². The Morgan fingerprint density at radius 2 is 1.25 bits per heavy atom. The molecule has 1 aliphatic rings. The highest BCUT2D eigenvalue weighted by atomic mass is 19.4. The molecule has 1 unspecified atom stereocenters. The van der Waals surface area contributed by atoms with Gasteiger partial charge in [-0.15, -0.1) is 0 Å². The van der Waals surface area contributed by atoms with Crippen molar-refractivity contribution in [1.82, 2.24) is 0 Å². The Hall–Kier alpha value is -1.64. The van der Waals surface area contributed by atoms with Crippen molar-refractivity contribution in [2.24, 2.45) is 0 Å². The van der Waals surface area contributed by atoms with Crippen LogP contribution in [-0.4, -0.2) is 47.6 Å². The van der Waals surface area contributed by atoms with Gasteiger partial charge in [-0.3, -0.25) is 4.74 Å². The first kappa shape index (κ1) is 24.4. The maximum absolute atomic E-state index is 14.0. The third kappa shape index (κ3) is 3.21. The molecular formula is C13H11F11O4. The zero-order valence-electron chi connectivity index (χ0n) is 14.0. The largest absolute Gasteiger partial charge is 0.463 e. The van der Waals surface area contributed by atoms with Gasteiger partial charge < -0.3 is 9.47 Å². The lowest BCUT2D eigenvalue weighted by molar-refractivity contribution is -0.486. The highest BCUT2D eigenvalue weighted by Crippen LogP contribution is 2.64. The summed E-state index contributed by atoms with van der Waals surface area (Å²) in [6.45, 7) is 3.25. The molecule has 0 aromatic carbocycles. The fraction of sp³-hybridized carbons (Fsp3) is 0.769. The Morgan fingerprint density at radius 1 is 0.857 bits per heavy atom. The Balaban J connectivity index is 3.88. The monoisotopic (exact) mass is 440 g/mol. The maximum atomic E-state index is 14.0. The van der Waals surface area contributed by atoms with Crippen LogP contribution in [-0.2, 0) is 19.0 Å². The van der Waals surface area contributed by atoms with Crippen molar-refractivity contribution in [2.45, 2.75) is 62.4 Å². The van der Waals surface area contributed by atoms with Gasteiger partial charge in [0.25, 0.3) is 5.60 Å². The van der Waals surface area contributed by atoms with Gasteiger partial charge in [-0.2, -0.15) is 48.3 Å². The molecule has 15 heteroatoms. The highest BCUT2D eigenvalue weighted by Gasteiger charge is 2.92. The number of hydrogen-bond acceptors (Lipinski definition) is 4. The molecule has 1 aliphatic heterocycles. The smallest absolute Gasteiger partial charge is 0.399 e. The van der Waals surface area contributed by atoms with Gasteiger partial charge in [-0.1, -0.05) is 6.58 Å². The number of halogens is 11. The fourth-order valence-electron chi connectivity index (χ4n) is 2.33. The second-order valence-corrected chi connectivity index (χ2v) is 6.19. The van der Waals surface area contributed by atoms with E-state index in [1.54, 1.807) is 0 Å². The van der Waals surface area contributed by atoms with Gasteiger partial charge in [0.15, 0.2) is 0 Å². The van der Waals surface area contributed by atoms with Crippen LogP contribution < -0.4 is 0 Å². The van der Waals surface area contributed by atoms with E-state index >= 15 is 0 Å². The van der Waals surface area contributed by atoms with Crippen LogP contribution in [0.3, 0.4) is 0 Å². The van der Waals surface area contributed by atoms with E-state index in [0.29, 0.717) is 6.92 Å². The Bertz CT molecular complexity index is 645. The van der Waals surface area contributed by atoms with Crippen molar-refractivity contribution in [3.05, 3.63) is 12.2 Å². The predicted molar refractivity (Wildman–Crippen MR) is 65.7 cm³/mol. The van der Waals surface area contributed by atoms with Gasteiger partial charge in [0.2, 0.25) is 0 Å². The second-order valence-electron chi connectivity index (χ2n) is 6.19. The molecule has 0 aromatic rings. The van der Waals surface area contributed by atoms with E-state index in [-0.39, 0.29) is 13.8 Å². The number of ether oxygens (including phenoxy) is 3. The Kier molecular flexibility index (Phi) is 5.38. The standard InChI is InChI=1S/C13H11F11O4/c1-5(2)6(25)26-13(9(14,15)12(22,23)24)27-7(3,4)8(28-13,10(16,17)18)11(19,20)21/h1H2,2-4H3. The van der Waals surface area contributed by atoms with E-state index in [2.05, 4.69) is 20.8 Å². The normalized spacial score (nSPS) is 25.5. The topological polar surface area (TPSA) is 44.8 Å². The molecule has 0 radical (unpaired) electrons. The van der Waals surface area contributed by atoms with E-state index in [9.17, 15) is 53.1 Å². The van der Waals surface area contributed by atoms with Crippen LogP contribution >= 0.6 is 0 Å². The van der Waals surface area contributed by atoms with Crippen LogP contribution in [0.25, 0.3) is 0 Å². The summed E-state index contributed by atoms with van der Waals surface area (Å²) in [6.07, 6.45) is -20.1. The summed E-state index contributed by atoms with van der Waals surface area (Å²) in [7, 11) is 0. The molecule has 1 atom stereocenters. The fourth-order valence-corrected chi connectivity index (χ4v) is 2.33. The van der Waals surface area contributed by atoms with Crippen LogP contribution in [0.4, 0.5) is 48.3 Å². The molecular weight excluding hydrogens is 429 g/mol. The molecule has 164 valence electrons. The molecule has 0 saturated carbocycles. The molecule has 0 amide bonds. The molecule has 0 bridgehead atoms. The van der Waals surface area contributed by atoms with Crippen LogP contribution in [0, 0.1) is 0 Å². The van der Waals surface area contributed by atoms with Crippen molar-refractivity contribution >= 4 is 5.97 Å². The number of rotatable bonds is 3. The molecule has 28 heavy (non-hydrogen) atoms. The van der Waals surface area contributed by atoms with E-state index in [1.807, 2.05) is 0 Å². The first-order valence-corrected chi connectivity index (χ1v) is 6.86. The quantitative estimate of drug-likeness (QED) is 0.364. The Labute approximate surface area is 149 Å². The average Bonchev–Trinajstić information content (AvgIpc) is 2.65. The predicted octanol–water partition coefficient (Wildman–Crippen LogP) is 4.65. The minimum atomic E-state index is -6.84. The lowest BCUT2D eigenvalue weighted by atomic mass is 9.84. The van der Waals surface area contributed by atoms with Gasteiger partial charge in [-0.05, 0) is 20.8 Å². The number of carbonyl (C=O) groups is 1. The maximum Gasteiger partial charge on any atom is 0.463 e. The van der Waals surface area contributed by atoms with E-state index in [0.717, 1.165) is 0 Å². The molecule has 4 nitrogen and oxygen atoms in total. The van der Waals surface area contributed by atoms with Gasteiger partial charge >= 0.3 is 36.4 Å². The number of alkyl halides is 11. The average molecular weight is 440 g/mol. The SMILES string of the molecule is C=C(C)C(=O)OC1(C(F)(F)C(F)(F)F)OC(C)(C)C(C(F)(F)F)(C(F)(F)F)O1. The van der Waals surface area contributed by atoms with Crippen molar-refractivity contribution in [3.63, 3.8) is 0 Å². The third-order valence-corrected chi connectivity index (χ3v) is 3.64. The summed E-state index contributed by atoms with van der Waals surface area (Å²) in [5.74, 6) is -14.3. The first-order chi connectivity index (χ1) is 12.0. The lowest BCUT2D eigenvalue weighted by Gasteiger charge is -2.40. The summed E-state index contributed by atoms with van der Waals surface area (Å²) < 4.78 is 157. The zero-order chi connectivity index (χ0) is 22.8. The minimum Gasteiger partial charge on any atom is -0.399 e. The minimum absolute atomic E-state index is 0.100. The molecule has 0 aliphatic carbocycles. The van der Waals surface area contributed by atoms with Gasteiger partial charge in [0.1, 0.15) is 5.60 Å². The van der Waals surface area contributed by atoms with Crippen LogP contribution in [0.15, 0.2) is 12.2 Å². The third-order valence-electron chi connectivity index (χ3n) is 3.64. The molecule has 1 heterocycles.